The minimum Gasteiger partial charge on any atom is -0.323 e. The summed E-state index contributed by atoms with van der Waals surface area (Å²) in [5.41, 5.74) is 6.13. The van der Waals surface area contributed by atoms with Gasteiger partial charge in [0.25, 0.3) is 5.91 Å². The number of para-hydroxylation sites is 1. The number of nitrogens with one attached hydrogen (secondary N) is 1. The Morgan fingerprint density at radius 3 is 2.58 bits per heavy atom. The molecule has 122 valence electrons. The highest BCUT2D eigenvalue weighted by Crippen LogP contribution is 2.24. The van der Waals surface area contributed by atoms with Crippen LogP contribution in [0.4, 0.5) is 0 Å². The van der Waals surface area contributed by atoms with E-state index in [0.717, 1.165) is 30.7 Å². The Kier molecular flexibility index (Phi) is 3.73. The number of aromatic nitrogens is 1. The quantitative estimate of drug-likeness (QED) is 0.772. The third-order valence-corrected chi connectivity index (χ3v) is 5.38. The zero-order valence-electron chi connectivity index (χ0n) is 14.3. The first-order chi connectivity index (χ1) is 11.6. The fourth-order valence-electron chi connectivity index (χ4n) is 3.94. The molecule has 1 atom stereocenters. The van der Waals surface area contributed by atoms with Crippen molar-refractivity contribution in [1.82, 2.24) is 4.57 Å². The summed E-state index contributed by atoms with van der Waals surface area (Å²) in [4.78, 5) is 14.4. The van der Waals surface area contributed by atoms with E-state index in [-0.39, 0.29) is 5.91 Å². The first kappa shape index (κ1) is 15.2. The van der Waals surface area contributed by atoms with Crippen LogP contribution in [0, 0.1) is 13.8 Å². The number of quaternary nitrogens is 1. The zero-order chi connectivity index (χ0) is 16.7. The van der Waals surface area contributed by atoms with Crippen molar-refractivity contribution >= 4 is 16.8 Å². The summed E-state index contributed by atoms with van der Waals surface area (Å²) in [6.45, 7) is 6.67. The van der Waals surface area contributed by atoms with Crippen molar-refractivity contribution in [2.45, 2.75) is 26.8 Å². The summed E-state index contributed by atoms with van der Waals surface area (Å²) in [6.07, 6.45) is 1.06. The molecule has 0 bridgehead atoms. The van der Waals surface area contributed by atoms with Gasteiger partial charge in [-0.05, 0) is 31.0 Å². The smallest absolute Gasteiger partial charge is 0.286 e. The summed E-state index contributed by atoms with van der Waals surface area (Å²) in [5.74, 6) is 0.200. The third-order valence-electron chi connectivity index (χ3n) is 5.38. The van der Waals surface area contributed by atoms with Crippen molar-refractivity contribution in [3.8, 4) is 0 Å². The lowest BCUT2D eigenvalue weighted by atomic mass is 10.00. The zero-order valence-corrected chi connectivity index (χ0v) is 14.3. The molecule has 1 N–H and O–H groups in total. The molecule has 0 amide bonds. The molecule has 0 fully saturated rings. The van der Waals surface area contributed by atoms with Gasteiger partial charge in [0.1, 0.15) is 6.54 Å². The van der Waals surface area contributed by atoms with Crippen LogP contribution in [0.15, 0.2) is 48.5 Å². The highest BCUT2D eigenvalue weighted by atomic mass is 16.2. The highest BCUT2D eigenvalue weighted by Gasteiger charge is 2.24. The van der Waals surface area contributed by atoms with E-state index in [1.165, 1.54) is 27.0 Å². The SMILES string of the molecule is Cc1c(C)n(C(=O)C[NH+]2CCc3ccccc3C2)c2ccccc12. The minimum atomic E-state index is 0.200. The normalized spacial score (nSPS) is 17.0. The van der Waals surface area contributed by atoms with Gasteiger partial charge < -0.3 is 4.90 Å². The van der Waals surface area contributed by atoms with Gasteiger partial charge in [-0.3, -0.25) is 9.36 Å². The summed E-state index contributed by atoms with van der Waals surface area (Å²) < 4.78 is 1.91. The van der Waals surface area contributed by atoms with Crippen molar-refractivity contribution < 1.29 is 9.69 Å². The first-order valence-corrected chi connectivity index (χ1v) is 8.65. The van der Waals surface area contributed by atoms with Crippen LogP contribution in [-0.4, -0.2) is 23.6 Å². The Morgan fingerprint density at radius 1 is 1.04 bits per heavy atom. The Balaban J connectivity index is 1.61. The van der Waals surface area contributed by atoms with Crippen LogP contribution in [0.1, 0.15) is 27.2 Å². The molecule has 0 saturated heterocycles. The molecule has 2 aromatic carbocycles. The van der Waals surface area contributed by atoms with Gasteiger partial charge >= 0.3 is 0 Å². The Hall–Kier alpha value is -2.39. The Labute approximate surface area is 142 Å². The summed E-state index contributed by atoms with van der Waals surface area (Å²) >= 11 is 0. The van der Waals surface area contributed by atoms with Gasteiger partial charge in [0.15, 0.2) is 6.54 Å². The molecule has 0 spiro atoms. The maximum Gasteiger partial charge on any atom is 0.286 e. The fraction of sp³-hybridized carbons (Fsp3) is 0.286. The first-order valence-electron chi connectivity index (χ1n) is 8.65. The van der Waals surface area contributed by atoms with Crippen LogP contribution < -0.4 is 4.90 Å². The van der Waals surface area contributed by atoms with Gasteiger partial charge in [0.05, 0.1) is 12.1 Å². The van der Waals surface area contributed by atoms with Crippen LogP contribution in [0.3, 0.4) is 0 Å². The summed E-state index contributed by atoms with van der Waals surface area (Å²) in [7, 11) is 0. The molecule has 1 aromatic heterocycles. The lowest BCUT2D eigenvalue weighted by Crippen LogP contribution is -3.12. The fourth-order valence-corrected chi connectivity index (χ4v) is 3.94. The van der Waals surface area contributed by atoms with Gasteiger partial charge in [0.2, 0.25) is 0 Å². The van der Waals surface area contributed by atoms with E-state index in [4.69, 9.17) is 0 Å². The molecule has 0 radical (unpaired) electrons. The molecule has 3 aromatic rings. The Bertz CT molecular complexity index is 923. The van der Waals surface area contributed by atoms with Gasteiger partial charge in [-0.1, -0.05) is 42.5 Å². The maximum atomic E-state index is 13.0. The molecule has 3 nitrogen and oxygen atoms in total. The van der Waals surface area contributed by atoms with Crippen molar-refractivity contribution in [1.29, 1.82) is 0 Å². The van der Waals surface area contributed by atoms with Crippen molar-refractivity contribution in [3.05, 3.63) is 70.9 Å². The lowest BCUT2D eigenvalue weighted by Gasteiger charge is -2.25. The Morgan fingerprint density at radius 2 is 1.75 bits per heavy atom. The molecule has 4 rings (SSSR count). The van der Waals surface area contributed by atoms with E-state index >= 15 is 0 Å². The van der Waals surface area contributed by atoms with Crippen LogP contribution in [-0.2, 0) is 13.0 Å². The molecular weight excluding hydrogens is 296 g/mol. The third kappa shape index (κ3) is 2.45. The molecule has 0 saturated carbocycles. The minimum absolute atomic E-state index is 0.200. The number of carbonyl (C=O) groups is 1. The van der Waals surface area contributed by atoms with E-state index in [1.807, 2.05) is 29.7 Å². The standard InChI is InChI=1S/C21H22N2O/c1-15-16(2)23(20-10-6-5-9-19(15)20)21(24)14-22-12-11-17-7-3-4-8-18(17)13-22/h3-10H,11-14H2,1-2H3/p+1. The lowest BCUT2D eigenvalue weighted by molar-refractivity contribution is -0.907. The van der Waals surface area contributed by atoms with Gasteiger partial charge in [-0.2, -0.15) is 0 Å². The molecule has 24 heavy (non-hydrogen) atoms. The van der Waals surface area contributed by atoms with Crippen molar-refractivity contribution in [2.24, 2.45) is 0 Å². The van der Waals surface area contributed by atoms with E-state index in [2.05, 4.69) is 37.3 Å². The molecule has 1 aliphatic heterocycles. The predicted octanol–water partition coefficient (Wildman–Crippen LogP) is 2.54. The van der Waals surface area contributed by atoms with Gasteiger partial charge in [0, 0.05) is 23.1 Å². The molecular formula is C21H23N2O+. The maximum absolute atomic E-state index is 13.0. The topological polar surface area (TPSA) is 26.4 Å². The second kappa shape index (κ2) is 5.91. The molecule has 1 unspecified atom stereocenters. The number of benzene rings is 2. The number of fused-ring (bicyclic) bond motifs is 2. The van der Waals surface area contributed by atoms with E-state index in [1.54, 1.807) is 0 Å². The number of carbonyl (C=O) groups excluding carboxylic acids is 1. The number of nitrogens with zero attached hydrogens (tertiary/aromatic N) is 1. The largest absolute Gasteiger partial charge is 0.323 e. The molecule has 1 aliphatic rings. The van der Waals surface area contributed by atoms with Crippen molar-refractivity contribution in [2.75, 3.05) is 13.1 Å². The number of aryl methyl sites for hydroxylation is 1. The second-order valence-electron chi connectivity index (χ2n) is 6.83. The predicted molar refractivity (Wildman–Crippen MR) is 96.6 cm³/mol. The van der Waals surface area contributed by atoms with Crippen LogP contribution in [0.25, 0.3) is 10.9 Å². The van der Waals surface area contributed by atoms with Gasteiger partial charge in [-0.25, -0.2) is 0 Å². The van der Waals surface area contributed by atoms with E-state index in [9.17, 15) is 4.79 Å². The van der Waals surface area contributed by atoms with Crippen LogP contribution in [0.5, 0.6) is 0 Å². The van der Waals surface area contributed by atoms with Crippen LogP contribution >= 0.6 is 0 Å². The number of hydrogen-bond donors (Lipinski definition) is 1. The van der Waals surface area contributed by atoms with E-state index < -0.39 is 0 Å². The monoisotopic (exact) mass is 319 g/mol. The van der Waals surface area contributed by atoms with E-state index in [0.29, 0.717) is 6.54 Å². The highest BCUT2D eigenvalue weighted by molar-refractivity contribution is 5.96. The summed E-state index contributed by atoms with van der Waals surface area (Å²) in [6, 6.07) is 16.8. The number of rotatable bonds is 2. The van der Waals surface area contributed by atoms with Crippen molar-refractivity contribution in [3.63, 3.8) is 0 Å². The summed E-state index contributed by atoms with van der Waals surface area (Å²) in [5, 5.41) is 1.18. The molecule has 3 heteroatoms. The number of hydrogen-bond acceptors (Lipinski definition) is 1. The van der Waals surface area contributed by atoms with Crippen LogP contribution in [0.2, 0.25) is 0 Å². The molecule has 2 heterocycles. The average molecular weight is 319 g/mol. The molecule has 0 aliphatic carbocycles. The average Bonchev–Trinajstić information content (AvgIpc) is 2.86. The van der Waals surface area contributed by atoms with Gasteiger partial charge in [-0.15, -0.1) is 0 Å². The second-order valence-corrected chi connectivity index (χ2v) is 6.83.